The first kappa shape index (κ1) is 11.5. The molecule has 0 saturated carbocycles. The number of benzene rings is 1. The number of aromatic nitrogens is 3. The van der Waals surface area contributed by atoms with Crippen molar-refractivity contribution in [1.29, 1.82) is 0 Å². The Bertz CT molecular complexity index is 525. The Morgan fingerprint density at radius 1 is 1.06 bits per heavy atom. The minimum Gasteiger partial charge on any atom is -0.379 e. The maximum absolute atomic E-state index is 5.32. The highest BCUT2D eigenvalue weighted by Crippen LogP contribution is 2.07. The Hall–Kier alpha value is -1.59. The van der Waals surface area contributed by atoms with Crippen LogP contribution in [-0.4, -0.2) is 52.9 Å². The topological polar surface area (TPSA) is 51.1 Å². The van der Waals surface area contributed by atoms with E-state index in [0.29, 0.717) is 0 Å². The number of fused-ring (bicyclic) bond motifs is 1. The summed E-state index contributed by atoms with van der Waals surface area (Å²) in [4.78, 5) is 6.91. The van der Waals surface area contributed by atoms with Crippen molar-refractivity contribution in [3.8, 4) is 0 Å². The third-order valence-corrected chi connectivity index (χ3v) is 3.16. The van der Waals surface area contributed by atoms with Gasteiger partial charge in [-0.1, -0.05) is 12.1 Å². The van der Waals surface area contributed by atoms with Crippen molar-refractivity contribution in [2.45, 2.75) is 6.42 Å². The van der Waals surface area contributed by atoms with E-state index in [-0.39, 0.29) is 0 Å². The van der Waals surface area contributed by atoms with E-state index in [1.807, 2.05) is 24.3 Å². The molecule has 0 atom stereocenters. The van der Waals surface area contributed by atoms with Gasteiger partial charge in [-0.15, -0.1) is 10.2 Å². The van der Waals surface area contributed by atoms with Crippen LogP contribution in [0.25, 0.3) is 11.0 Å². The summed E-state index contributed by atoms with van der Waals surface area (Å²) >= 11 is 0. The first-order valence-electron chi connectivity index (χ1n) is 6.30. The number of para-hydroxylation sites is 1. The van der Waals surface area contributed by atoms with Gasteiger partial charge in [0.25, 0.3) is 0 Å². The summed E-state index contributed by atoms with van der Waals surface area (Å²) in [6.07, 6.45) is 0.845. The molecule has 0 aliphatic carbocycles. The minimum atomic E-state index is 0.820. The number of hydrogen-bond acceptors (Lipinski definition) is 5. The van der Waals surface area contributed by atoms with E-state index in [1.165, 1.54) is 0 Å². The summed E-state index contributed by atoms with van der Waals surface area (Å²) < 4.78 is 5.32. The number of morpholine rings is 1. The molecule has 0 unspecified atom stereocenters. The molecule has 2 heterocycles. The van der Waals surface area contributed by atoms with Crippen LogP contribution in [0.3, 0.4) is 0 Å². The quantitative estimate of drug-likeness (QED) is 0.803. The molecule has 1 aliphatic rings. The molecule has 1 saturated heterocycles. The number of nitrogens with zero attached hydrogens (tertiary/aromatic N) is 4. The van der Waals surface area contributed by atoms with E-state index < -0.39 is 0 Å². The van der Waals surface area contributed by atoms with Crippen molar-refractivity contribution >= 4 is 11.0 Å². The van der Waals surface area contributed by atoms with Gasteiger partial charge in [0, 0.05) is 26.1 Å². The van der Waals surface area contributed by atoms with Gasteiger partial charge >= 0.3 is 0 Å². The average molecular weight is 244 g/mol. The van der Waals surface area contributed by atoms with Gasteiger partial charge in [-0.2, -0.15) is 0 Å². The van der Waals surface area contributed by atoms with Crippen molar-refractivity contribution in [2.75, 3.05) is 32.8 Å². The zero-order valence-corrected chi connectivity index (χ0v) is 10.2. The monoisotopic (exact) mass is 244 g/mol. The third-order valence-electron chi connectivity index (χ3n) is 3.16. The summed E-state index contributed by atoms with van der Waals surface area (Å²) in [7, 11) is 0. The lowest BCUT2D eigenvalue weighted by Gasteiger charge is -2.26. The molecule has 0 bridgehead atoms. The number of rotatable bonds is 3. The summed E-state index contributed by atoms with van der Waals surface area (Å²) in [5, 5.41) is 8.36. The second-order valence-electron chi connectivity index (χ2n) is 4.42. The largest absolute Gasteiger partial charge is 0.379 e. The molecule has 3 rings (SSSR count). The Kier molecular flexibility index (Phi) is 3.43. The number of hydrogen-bond donors (Lipinski definition) is 0. The highest BCUT2D eigenvalue weighted by atomic mass is 16.5. The van der Waals surface area contributed by atoms with Crippen LogP contribution in [0.15, 0.2) is 24.3 Å². The fraction of sp³-hybridized carbons (Fsp3) is 0.462. The maximum Gasteiger partial charge on any atom is 0.152 e. The van der Waals surface area contributed by atoms with E-state index in [1.54, 1.807) is 0 Å². The van der Waals surface area contributed by atoms with Crippen molar-refractivity contribution in [2.24, 2.45) is 0 Å². The summed E-state index contributed by atoms with van der Waals surface area (Å²) in [6.45, 7) is 4.64. The van der Waals surface area contributed by atoms with Crippen LogP contribution in [0, 0.1) is 0 Å². The molecule has 0 spiro atoms. The molecule has 2 aromatic rings. The standard InChI is InChI=1S/C13H16N4O/c1-2-4-12-11(3-1)14-13(16-15-12)5-6-17-7-9-18-10-8-17/h1-4H,5-10H2. The molecular weight excluding hydrogens is 228 g/mol. The lowest BCUT2D eigenvalue weighted by atomic mass is 10.3. The van der Waals surface area contributed by atoms with E-state index in [4.69, 9.17) is 4.74 Å². The maximum atomic E-state index is 5.32. The second-order valence-corrected chi connectivity index (χ2v) is 4.42. The van der Waals surface area contributed by atoms with Gasteiger partial charge < -0.3 is 4.74 Å². The number of ether oxygens (including phenoxy) is 1. The lowest BCUT2D eigenvalue weighted by molar-refractivity contribution is 0.0382. The summed E-state index contributed by atoms with van der Waals surface area (Å²) in [5.74, 6) is 0.820. The molecule has 1 aliphatic heterocycles. The average Bonchev–Trinajstić information content (AvgIpc) is 2.46. The predicted molar refractivity (Wildman–Crippen MR) is 68.3 cm³/mol. The molecule has 1 aromatic heterocycles. The molecule has 0 amide bonds. The first-order chi connectivity index (χ1) is 8.92. The van der Waals surface area contributed by atoms with Gasteiger partial charge in [-0.3, -0.25) is 4.90 Å². The predicted octanol–water partition coefficient (Wildman–Crippen LogP) is 0.899. The van der Waals surface area contributed by atoms with Gasteiger partial charge in [0.15, 0.2) is 5.82 Å². The summed E-state index contributed by atoms with van der Waals surface area (Å²) in [5.41, 5.74) is 1.78. The van der Waals surface area contributed by atoms with Crippen LogP contribution in [-0.2, 0) is 11.2 Å². The van der Waals surface area contributed by atoms with Crippen molar-refractivity contribution in [3.05, 3.63) is 30.1 Å². The normalized spacial score (nSPS) is 17.1. The molecular formula is C13H16N4O. The van der Waals surface area contributed by atoms with Gasteiger partial charge in [0.05, 0.1) is 18.7 Å². The minimum absolute atomic E-state index is 0.820. The molecule has 94 valence electrons. The van der Waals surface area contributed by atoms with Gasteiger partial charge in [-0.05, 0) is 12.1 Å². The molecule has 0 radical (unpaired) electrons. The Morgan fingerprint density at radius 2 is 1.83 bits per heavy atom. The highest BCUT2D eigenvalue weighted by Gasteiger charge is 2.11. The van der Waals surface area contributed by atoms with Gasteiger partial charge in [0.2, 0.25) is 0 Å². The lowest BCUT2D eigenvalue weighted by Crippen LogP contribution is -2.37. The van der Waals surface area contributed by atoms with E-state index >= 15 is 0 Å². The van der Waals surface area contributed by atoms with Crippen LogP contribution < -0.4 is 0 Å². The van der Waals surface area contributed by atoms with Gasteiger partial charge in [0.1, 0.15) is 5.52 Å². The fourth-order valence-electron chi connectivity index (χ4n) is 2.11. The molecule has 1 fully saturated rings. The Balaban J connectivity index is 1.66. The first-order valence-corrected chi connectivity index (χ1v) is 6.30. The zero-order valence-electron chi connectivity index (χ0n) is 10.2. The SMILES string of the molecule is c1ccc2nc(CCN3CCOCC3)nnc2c1. The zero-order chi connectivity index (χ0) is 12.2. The fourth-order valence-corrected chi connectivity index (χ4v) is 2.11. The Morgan fingerprint density at radius 3 is 2.67 bits per heavy atom. The second kappa shape index (κ2) is 5.37. The van der Waals surface area contributed by atoms with Crippen LogP contribution in [0.2, 0.25) is 0 Å². The highest BCUT2D eigenvalue weighted by molar-refractivity contribution is 5.72. The Labute approximate surface area is 106 Å². The van der Waals surface area contributed by atoms with Crippen molar-refractivity contribution < 1.29 is 4.74 Å². The van der Waals surface area contributed by atoms with Crippen LogP contribution >= 0.6 is 0 Å². The van der Waals surface area contributed by atoms with Gasteiger partial charge in [-0.25, -0.2) is 4.98 Å². The third kappa shape index (κ3) is 2.63. The molecule has 5 heteroatoms. The van der Waals surface area contributed by atoms with Crippen molar-refractivity contribution in [1.82, 2.24) is 20.1 Å². The van der Waals surface area contributed by atoms with Crippen molar-refractivity contribution in [3.63, 3.8) is 0 Å². The smallest absolute Gasteiger partial charge is 0.152 e. The molecule has 5 nitrogen and oxygen atoms in total. The molecule has 18 heavy (non-hydrogen) atoms. The summed E-state index contributed by atoms with van der Waals surface area (Å²) in [6, 6.07) is 7.83. The van der Waals surface area contributed by atoms with Crippen LogP contribution in [0.4, 0.5) is 0 Å². The molecule has 0 N–H and O–H groups in total. The van der Waals surface area contributed by atoms with E-state index in [2.05, 4.69) is 20.1 Å². The van der Waals surface area contributed by atoms with Crippen LogP contribution in [0.5, 0.6) is 0 Å². The van der Waals surface area contributed by atoms with E-state index in [0.717, 1.165) is 56.1 Å². The van der Waals surface area contributed by atoms with E-state index in [9.17, 15) is 0 Å². The molecule has 1 aromatic carbocycles. The van der Waals surface area contributed by atoms with Crippen LogP contribution in [0.1, 0.15) is 5.82 Å².